The molecule has 86 valence electrons. The van der Waals surface area contributed by atoms with E-state index in [0.29, 0.717) is 12.3 Å². The van der Waals surface area contributed by atoms with Crippen LogP contribution >= 0.6 is 0 Å². The first kappa shape index (κ1) is 10.8. The zero-order valence-corrected chi connectivity index (χ0v) is 9.19. The van der Waals surface area contributed by atoms with Gasteiger partial charge in [0.2, 0.25) is 0 Å². The van der Waals surface area contributed by atoms with Gasteiger partial charge < -0.3 is 16.3 Å². The van der Waals surface area contributed by atoms with Crippen molar-refractivity contribution in [2.75, 3.05) is 11.9 Å². The Morgan fingerprint density at radius 3 is 2.62 bits per heavy atom. The lowest BCUT2D eigenvalue weighted by atomic mass is 10.0. The van der Waals surface area contributed by atoms with Crippen molar-refractivity contribution in [2.24, 2.45) is 16.3 Å². The lowest BCUT2D eigenvalue weighted by Gasteiger charge is -2.15. The monoisotopic (exact) mass is 219 g/mol. The first-order valence-electron chi connectivity index (χ1n) is 5.49. The summed E-state index contributed by atoms with van der Waals surface area (Å²) in [6, 6.07) is 10.1. The first-order valence-corrected chi connectivity index (χ1v) is 5.49. The second-order valence-corrected chi connectivity index (χ2v) is 4.49. The van der Waals surface area contributed by atoms with E-state index in [-0.39, 0.29) is 5.41 Å². The largest absolute Gasteiger partial charge is 0.409 e. The van der Waals surface area contributed by atoms with Gasteiger partial charge >= 0.3 is 0 Å². The van der Waals surface area contributed by atoms with E-state index in [0.717, 1.165) is 25.1 Å². The molecule has 0 unspecified atom stereocenters. The molecule has 0 bridgehead atoms. The number of para-hydroxylation sites is 1. The molecule has 0 amide bonds. The average molecular weight is 219 g/mol. The molecule has 1 saturated carbocycles. The van der Waals surface area contributed by atoms with Gasteiger partial charge in [-0.2, -0.15) is 0 Å². The number of hydrogen-bond donors (Lipinski definition) is 3. The highest BCUT2D eigenvalue weighted by Gasteiger charge is 2.43. The third-order valence-corrected chi connectivity index (χ3v) is 3.08. The number of benzene rings is 1. The highest BCUT2D eigenvalue weighted by atomic mass is 16.4. The van der Waals surface area contributed by atoms with Crippen LogP contribution in [0.4, 0.5) is 5.69 Å². The molecule has 1 aliphatic rings. The molecular weight excluding hydrogens is 202 g/mol. The molecule has 0 heterocycles. The van der Waals surface area contributed by atoms with Crippen LogP contribution in [-0.2, 0) is 0 Å². The lowest BCUT2D eigenvalue weighted by molar-refractivity contribution is 0.315. The quantitative estimate of drug-likeness (QED) is 0.307. The van der Waals surface area contributed by atoms with E-state index in [4.69, 9.17) is 10.9 Å². The van der Waals surface area contributed by atoms with Crippen LogP contribution in [0.1, 0.15) is 19.3 Å². The summed E-state index contributed by atoms with van der Waals surface area (Å²) < 4.78 is 0. The van der Waals surface area contributed by atoms with Crippen LogP contribution < -0.4 is 11.1 Å². The third-order valence-electron chi connectivity index (χ3n) is 3.08. The second kappa shape index (κ2) is 4.43. The van der Waals surface area contributed by atoms with E-state index in [1.807, 2.05) is 30.3 Å². The number of nitrogens with zero attached hydrogens (tertiary/aromatic N) is 1. The Bertz CT molecular complexity index is 371. The van der Waals surface area contributed by atoms with Gasteiger partial charge in [-0.05, 0) is 30.4 Å². The zero-order chi connectivity index (χ0) is 11.4. The van der Waals surface area contributed by atoms with Gasteiger partial charge in [0.05, 0.1) is 0 Å². The van der Waals surface area contributed by atoms with Gasteiger partial charge in [-0.3, -0.25) is 0 Å². The molecule has 0 radical (unpaired) electrons. The van der Waals surface area contributed by atoms with Crippen LogP contribution in [-0.4, -0.2) is 17.6 Å². The van der Waals surface area contributed by atoms with Crippen molar-refractivity contribution in [2.45, 2.75) is 19.3 Å². The molecule has 0 spiro atoms. The number of amidine groups is 1. The van der Waals surface area contributed by atoms with Crippen molar-refractivity contribution < 1.29 is 5.21 Å². The highest BCUT2D eigenvalue weighted by molar-refractivity contribution is 5.80. The Hall–Kier alpha value is -1.71. The van der Waals surface area contributed by atoms with Gasteiger partial charge in [-0.25, -0.2) is 0 Å². The molecule has 0 saturated heterocycles. The molecule has 2 rings (SSSR count). The molecule has 0 aliphatic heterocycles. The minimum atomic E-state index is 0.201. The van der Waals surface area contributed by atoms with E-state index in [2.05, 4.69) is 10.5 Å². The van der Waals surface area contributed by atoms with Crippen molar-refractivity contribution in [3.63, 3.8) is 0 Å². The van der Waals surface area contributed by atoms with E-state index >= 15 is 0 Å². The topological polar surface area (TPSA) is 70.6 Å². The van der Waals surface area contributed by atoms with Gasteiger partial charge in [-0.15, -0.1) is 0 Å². The number of hydrogen-bond acceptors (Lipinski definition) is 3. The van der Waals surface area contributed by atoms with Crippen molar-refractivity contribution in [1.29, 1.82) is 0 Å². The second-order valence-electron chi connectivity index (χ2n) is 4.49. The van der Waals surface area contributed by atoms with E-state index < -0.39 is 0 Å². The average Bonchev–Trinajstić information content (AvgIpc) is 3.08. The predicted octanol–water partition coefficient (Wildman–Crippen LogP) is 2.02. The Kier molecular flexibility index (Phi) is 2.99. The van der Waals surface area contributed by atoms with Crippen molar-refractivity contribution in [3.05, 3.63) is 30.3 Å². The van der Waals surface area contributed by atoms with Crippen molar-refractivity contribution in [1.82, 2.24) is 0 Å². The summed E-state index contributed by atoms with van der Waals surface area (Å²) in [7, 11) is 0. The van der Waals surface area contributed by atoms with E-state index in [1.54, 1.807) is 0 Å². The summed E-state index contributed by atoms with van der Waals surface area (Å²) in [6.07, 6.45) is 2.95. The van der Waals surface area contributed by atoms with Crippen molar-refractivity contribution >= 4 is 11.5 Å². The molecule has 4 heteroatoms. The molecule has 4 N–H and O–H groups in total. The summed E-state index contributed by atoms with van der Waals surface area (Å²) in [5.74, 6) is 0.326. The number of nitrogens with one attached hydrogen (secondary N) is 1. The SMILES string of the molecule is NC(CC1(CNc2ccccc2)CC1)=NO. The smallest absolute Gasteiger partial charge is 0.139 e. The van der Waals surface area contributed by atoms with E-state index in [1.165, 1.54) is 0 Å². The molecular formula is C12H17N3O. The lowest BCUT2D eigenvalue weighted by Crippen LogP contribution is -2.23. The van der Waals surface area contributed by atoms with Crippen molar-refractivity contribution in [3.8, 4) is 0 Å². The van der Waals surface area contributed by atoms with Gasteiger partial charge in [0.1, 0.15) is 5.84 Å². The van der Waals surface area contributed by atoms with Crippen LogP contribution in [0, 0.1) is 5.41 Å². The number of rotatable bonds is 5. The summed E-state index contributed by atoms with van der Waals surface area (Å²) >= 11 is 0. The molecule has 1 aliphatic carbocycles. The molecule has 0 atom stereocenters. The van der Waals surface area contributed by atoms with Gasteiger partial charge in [-0.1, -0.05) is 23.4 Å². The van der Waals surface area contributed by atoms with Gasteiger partial charge in [0.25, 0.3) is 0 Å². The summed E-state index contributed by atoms with van der Waals surface area (Å²) in [5.41, 5.74) is 6.86. The minimum Gasteiger partial charge on any atom is -0.409 e. The molecule has 16 heavy (non-hydrogen) atoms. The van der Waals surface area contributed by atoms with Crippen LogP contribution in [0.5, 0.6) is 0 Å². The van der Waals surface area contributed by atoms with E-state index in [9.17, 15) is 0 Å². The number of anilines is 1. The maximum atomic E-state index is 8.55. The fourth-order valence-corrected chi connectivity index (χ4v) is 1.86. The van der Waals surface area contributed by atoms with Gasteiger partial charge in [0, 0.05) is 18.7 Å². The first-order chi connectivity index (χ1) is 7.74. The highest BCUT2D eigenvalue weighted by Crippen LogP contribution is 2.48. The maximum Gasteiger partial charge on any atom is 0.139 e. The molecule has 0 aromatic heterocycles. The standard InChI is InChI=1S/C12H17N3O/c13-11(15-16)8-12(6-7-12)9-14-10-4-2-1-3-5-10/h1-5,14,16H,6-9H2,(H2,13,15). The Labute approximate surface area is 95.1 Å². The molecule has 4 nitrogen and oxygen atoms in total. The number of nitrogens with two attached hydrogens (primary N) is 1. The van der Waals surface area contributed by atoms with Crippen LogP contribution in [0.15, 0.2) is 35.5 Å². The van der Waals surface area contributed by atoms with Gasteiger partial charge in [0.15, 0.2) is 0 Å². The molecule has 1 fully saturated rings. The zero-order valence-electron chi connectivity index (χ0n) is 9.19. The summed E-state index contributed by atoms with van der Waals surface area (Å²) in [5, 5.41) is 15.0. The molecule has 1 aromatic carbocycles. The fourth-order valence-electron chi connectivity index (χ4n) is 1.86. The summed E-state index contributed by atoms with van der Waals surface area (Å²) in [4.78, 5) is 0. The fraction of sp³-hybridized carbons (Fsp3) is 0.417. The number of oxime groups is 1. The maximum absolute atomic E-state index is 8.55. The summed E-state index contributed by atoms with van der Waals surface area (Å²) in [6.45, 7) is 0.882. The van der Waals surface area contributed by atoms with Crippen LogP contribution in [0.3, 0.4) is 0 Å². The minimum absolute atomic E-state index is 0.201. The normalized spacial score (nSPS) is 18.1. The van der Waals surface area contributed by atoms with Crippen LogP contribution in [0.2, 0.25) is 0 Å². The Morgan fingerprint density at radius 1 is 1.38 bits per heavy atom. The molecule has 1 aromatic rings. The third kappa shape index (κ3) is 2.66. The Balaban J connectivity index is 1.86. The predicted molar refractivity (Wildman–Crippen MR) is 64.6 cm³/mol. The Morgan fingerprint density at radius 2 is 2.06 bits per heavy atom. The van der Waals surface area contributed by atoms with Crippen LogP contribution in [0.25, 0.3) is 0 Å².